The summed E-state index contributed by atoms with van der Waals surface area (Å²) in [5, 5.41) is 17.4. The van der Waals surface area contributed by atoms with Crippen LogP contribution >= 0.6 is 0 Å². The van der Waals surface area contributed by atoms with Crippen molar-refractivity contribution in [3.05, 3.63) is 27.9 Å². The summed E-state index contributed by atoms with van der Waals surface area (Å²) in [7, 11) is 0. The molecule has 1 fully saturated rings. The number of nitro groups is 1. The first-order valence-electron chi connectivity index (χ1n) is 6.10. The van der Waals surface area contributed by atoms with Gasteiger partial charge in [-0.25, -0.2) is 4.98 Å². The number of hydrogen-bond donors (Lipinski definition) is 2. The molecule has 1 aliphatic heterocycles. The van der Waals surface area contributed by atoms with E-state index in [-0.39, 0.29) is 11.2 Å². The van der Waals surface area contributed by atoms with Crippen molar-refractivity contribution in [2.45, 2.75) is 32.2 Å². The van der Waals surface area contributed by atoms with E-state index in [1.54, 1.807) is 13.0 Å². The molecule has 6 nitrogen and oxygen atoms in total. The van der Waals surface area contributed by atoms with Gasteiger partial charge in [0.05, 0.1) is 4.92 Å². The van der Waals surface area contributed by atoms with Gasteiger partial charge in [0.1, 0.15) is 12.0 Å². The number of nitrogens with one attached hydrogen (secondary N) is 2. The predicted octanol–water partition coefficient (Wildman–Crippen LogP) is 1.85. The van der Waals surface area contributed by atoms with Crippen molar-refractivity contribution in [1.29, 1.82) is 0 Å². The highest BCUT2D eigenvalue weighted by Crippen LogP contribution is 2.25. The summed E-state index contributed by atoms with van der Waals surface area (Å²) in [5.74, 6) is 0.711. The molecule has 0 aliphatic carbocycles. The summed E-state index contributed by atoms with van der Waals surface area (Å²) in [6, 6.07) is 1.74. The Balaban J connectivity index is 2.14. The third kappa shape index (κ3) is 2.76. The fourth-order valence-corrected chi connectivity index (χ4v) is 2.22. The minimum atomic E-state index is -0.404. The van der Waals surface area contributed by atoms with Crippen molar-refractivity contribution in [3.8, 4) is 0 Å². The van der Waals surface area contributed by atoms with Gasteiger partial charge in [-0.3, -0.25) is 10.1 Å². The van der Waals surface area contributed by atoms with E-state index in [2.05, 4.69) is 22.5 Å². The Morgan fingerprint density at radius 3 is 2.72 bits per heavy atom. The van der Waals surface area contributed by atoms with Crippen LogP contribution in [0.5, 0.6) is 0 Å². The zero-order valence-electron chi connectivity index (χ0n) is 10.7. The molecule has 1 aliphatic rings. The van der Waals surface area contributed by atoms with Crippen LogP contribution in [0.25, 0.3) is 0 Å². The van der Waals surface area contributed by atoms with Crippen molar-refractivity contribution in [2.75, 3.05) is 18.4 Å². The van der Waals surface area contributed by atoms with Gasteiger partial charge in [0, 0.05) is 11.1 Å². The molecule has 0 radical (unpaired) electrons. The fourth-order valence-electron chi connectivity index (χ4n) is 2.22. The average Bonchev–Trinajstić information content (AvgIpc) is 2.28. The minimum absolute atomic E-state index is 0.0147. The maximum Gasteiger partial charge on any atom is 0.290 e. The molecule has 0 atom stereocenters. The molecule has 1 aromatic heterocycles. The zero-order valence-corrected chi connectivity index (χ0v) is 10.7. The molecular formula is C12H18N4O2. The number of piperidine rings is 1. The highest BCUT2D eigenvalue weighted by Gasteiger charge is 2.27. The van der Waals surface area contributed by atoms with Crippen LogP contribution in [0.3, 0.4) is 0 Å². The molecule has 1 saturated heterocycles. The Morgan fingerprint density at radius 1 is 1.50 bits per heavy atom. The van der Waals surface area contributed by atoms with Crippen LogP contribution in [0.2, 0.25) is 0 Å². The first-order valence-corrected chi connectivity index (χ1v) is 6.10. The predicted molar refractivity (Wildman–Crippen MR) is 69.8 cm³/mol. The van der Waals surface area contributed by atoms with E-state index in [1.165, 1.54) is 6.20 Å². The van der Waals surface area contributed by atoms with Crippen LogP contribution in [-0.2, 0) is 0 Å². The normalized spacial score (nSPS) is 18.3. The molecule has 2 rings (SSSR count). The molecule has 2 heterocycles. The van der Waals surface area contributed by atoms with Crippen LogP contribution in [0.4, 0.5) is 11.5 Å². The lowest BCUT2D eigenvalue weighted by Crippen LogP contribution is -2.45. The molecule has 2 N–H and O–H groups in total. The monoisotopic (exact) mass is 250 g/mol. The molecule has 0 aromatic carbocycles. The number of anilines is 1. The Bertz CT molecular complexity index is 455. The number of rotatable bonds is 3. The molecule has 0 unspecified atom stereocenters. The summed E-state index contributed by atoms with van der Waals surface area (Å²) >= 11 is 0. The Kier molecular flexibility index (Phi) is 3.47. The molecule has 6 heteroatoms. The van der Waals surface area contributed by atoms with Gasteiger partial charge in [-0.2, -0.15) is 0 Å². The number of nitrogens with zero attached hydrogens (tertiary/aromatic N) is 2. The van der Waals surface area contributed by atoms with Gasteiger partial charge in [0.15, 0.2) is 0 Å². The standard InChI is InChI=1S/C12H18N4O2/c1-9-7-11(14-8-10(9)16(17)18)15-12(2)3-5-13-6-4-12/h7-8,13H,3-6H2,1-2H3,(H,14,15). The first kappa shape index (κ1) is 12.8. The van der Waals surface area contributed by atoms with Gasteiger partial charge in [-0.15, -0.1) is 0 Å². The maximum atomic E-state index is 10.7. The SMILES string of the molecule is Cc1cc(NC2(C)CCNCC2)ncc1[N+](=O)[O-]. The summed E-state index contributed by atoms with van der Waals surface area (Å²) < 4.78 is 0. The first-order chi connectivity index (χ1) is 8.50. The summed E-state index contributed by atoms with van der Waals surface area (Å²) in [4.78, 5) is 14.4. The summed E-state index contributed by atoms with van der Waals surface area (Å²) in [6.45, 7) is 5.85. The topological polar surface area (TPSA) is 80.1 Å². The van der Waals surface area contributed by atoms with Crippen molar-refractivity contribution in [1.82, 2.24) is 10.3 Å². The largest absolute Gasteiger partial charge is 0.365 e. The quantitative estimate of drug-likeness (QED) is 0.632. The lowest BCUT2D eigenvalue weighted by atomic mass is 9.90. The van der Waals surface area contributed by atoms with E-state index in [0.29, 0.717) is 11.4 Å². The second kappa shape index (κ2) is 4.89. The highest BCUT2D eigenvalue weighted by atomic mass is 16.6. The minimum Gasteiger partial charge on any atom is -0.365 e. The van der Waals surface area contributed by atoms with Gasteiger partial charge in [0.2, 0.25) is 0 Å². The molecule has 0 amide bonds. The van der Waals surface area contributed by atoms with Crippen LogP contribution in [0.1, 0.15) is 25.3 Å². The van der Waals surface area contributed by atoms with Crippen LogP contribution in [-0.4, -0.2) is 28.5 Å². The Morgan fingerprint density at radius 2 is 2.17 bits per heavy atom. The van der Waals surface area contributed by atoms with Gasteiger partial charge in [-0.1, -0.05) is 0 Å². The third-order valence-corrected chi connectivity index (χ3v) is 3.42. The zero-order chi connectivity index (χ0) is 13.2. The van der Waals surface area contributed by atoms with Crippen molar-refractivity contribution in [2.24, 2.45) is 0 Å². The second-order valence-corrected chi connectivity index (χ2v) is 5.05. The van der Waals surface area contributed by atoms with E-state index in [4.69, 9.17) is 0 Å². The van der Waals surface area contributed by atoms with Crippen LogP contribution in [0.15, 0.2) is 12.3 Å². The maximum absolute atomic E-state index is 10.7. The molecule has 18 heavy (non-hydrogen) atoms. The molecule has 0 saturated carbocycles. The number of hydrogen-bond acceptors (Lipinski definition) is 5. The summed E-state index contributed by atoms with van der Waals surface area (Å²) in [6.07, 6.45) is 3.36. The van der Waals surface area contributed by atoms with Gasteiger partial charge >= 0.3 is 0 Å². The molecule has 0 bridgehead atoms. The third-order valence-electron chi connectivity index (χ3n) is 3.42. The fraction of sp³-hybridized carbons (Fsp3) is 0.583. The number of pyridine rings is 1. The lowest BCUT2D eigenvalue weighted by Gasteiger charge is -2.35. The Hall–Kier alpha value is -1.69. The number of aryl methyl sites for hydroxylation is 1. The van der Waals surface area contributed by atoms with Crippen LogP contribution < -0.4 is 10.6 Å². The smallest absolute Gasteiger partial charge is 0.290 e. The van der Waals surface area contributed by atoms with Crippen molar-refractivity contribution in [3.63, 3.8) is 0 Å². The van der Waals surface area contributed by atoms with Gasteiger partial charge in [-0.05, 0) is 45.8 Å². The lowest BCUT2D eigenvalue weighted by molar-refractivity contribution is -0.385. The second-order valence-electron chi connectivity index (χ2n) is 5.05. The van der Waals surface area contributed by atoms with E-state index < -0.39 is 4.92 Å². The van der Waals surface area contributed by atoms with E-state index in [0.717, 1.165) is 25.9 Å². The highest BCUT2D eigenvalue weighted by molar-refractivity contribution is 5.48. The van der Waals surface area contributed by atoms with E-state index in [9.17, 15) is 10.1 Å². The molecule has 1 aromatic rings. The molecule has 98 valence electrons. The van der Waals surface area contributed by atoms with Gasteiger partial charge < -0.3 is 10.6 Å². The van der Waals surface area contributed by atoms with Crippen LogP contribution in [0, 0.1) is 17.0 Å². The summed E-state index contributed by atoms with van der Waals surface area (Å²) in [5.41, 5.74) is 0.715. The number of aromatic nitrogens is 1. The average molecular weight is 250 g/mol. The molecular weight excluding hydrogens is 232 g/mol. The van der Waals surface area contributed by atoms with Crippen molar-refractivity contribution < 1.29 is 4.92 Å². The van der Waals surface area contributed by atoms with E-state index in [1.807, 2.05) is 0 Å². The Labute approximate surface area is 106 Å². The van der Waals surface area contributed by atoms with E-state index >= 15 is 0 Å². The van der Waals surface area contributed by atoms with Gasteiger partial charge in [0.25, 0.3) is 5.69 Å². The molecule has 0 spiro atoms. The van der Waals surface area contributed by atoms with Crippen molar-refractivity contribution >= 4 is 11.5 Å².